The van der Waals surface area contributed by atoms with E-state index >= 15 is 0 Å². The third-order valence-corrected chi connectivity index (χ3v) is 7.48. The van der Waals surface area contributed by atoms with Crippen LogP contribution in [0, 0.1) is 11.3 Å². The lowest BCUT2D eigenvalue weighted by molar-refractivity contribution is -0.0500. The Kier molecular flexibility index (Phi) is 7.13. The van der Waals surface area contributed by atoms with Gasteiger partial charge < -0.3 is 18.8 Å². The van der Waals surface area contributed by atoms with Gasteiger partial charge in [-0.3, -0.25) is 4.98 Å². The molecule has 2 aromatic carbocycles. The zero-order chi connectivity index (χ0) is 27.0. The fourth-order valence-electron chi connectivity index (χ4n) is 3.16. The number of pyridine rings is 1. The van der Waals surface area contributed by atoms with Crippen molar-refractivity contribution in [3.63, 3.8) is 0 Å². The van der Waals surface area contributed by atoms with E-state index in [4.69, 9.17) is 16.3 Å². The highest BCUT2D eigenvalue weighted by Gasteiger charge is 2.49. The second-order valence-electron chi connectivity index (χ2n) is 7.36. The van der Waals surface area contributed by atoms with Crippen LogP contribution in [0.5, 0.6) is 11.5 Å². The van der Waals surface area contributed by atoms with Gasteiger partial charge in [0.15, 0.2) is 16.7 Å². The third kappa shape index (κ3) is 5.38. The van der Waals surface area contributed by atoms with Crippen LogP contribution >= 0.6 is 23.4 Å². The highest BCUT2D eigenvalue weighted by atomic mass is 35.5. The van der Waals surface area contributed by atoms with Crippen molar-refractivity contribution in [2.45, 2.75) is 15.6 Å². The molecule has 0 amide bonds. The number of nitriles is 1. The minimum absolute atomic E-state index is 0.0442. The number of imidazole rings is 1. The zero-order valence-corrected chi connectivity index (χ0v) is 21.3. The van der Waals surface area contributed by atoms with Crippen molar-refractivity contribution in [3.8, 4) is 17.6 Å². The zero-order valence-electron chi connectivity index (χ0n) is 18.9. The van der Waals surface area contributed by atoms with E-state index in [2.05, 4.69) is 19.5 Å². The Bertz CT molecular complexity index is 1650. The van der Waals surface area contributed by atoms with Crippen LogP contribution in [0.1, 0.15) is 5.56 Å². The SMILES string of the molecule is Cn1ccnc1Sc1ccc(Nc2c(C#N)cnc3cc(OS(=O)(=O)C(F)(F)F)c(O[14CH3])cc23)cc1Cl. The fourth-order valence-corrected chi connectivity index (χ4v) is 4.73. The number of alkyl halides is 3. The van der Waals surface area contributed by atoms with Gasteiger partial charge in [0.05, 0.1) is 28.9 Å². The van der Waals surface area contributed by atoms with Gasteiger partial charge in [-0.1, -0.05) is 23.4 Å². The molecule has 2 aromatic heterocycles. The van der Waals surface area contributed by atoms with Crippen molar-refractivity contribution in [2.75, 3.05) is 12.4 Å². The van der Waals surface area contributed by atoms with Crippen molar-refractivity contribution in [3.05, 3.63) is 59.5 Å². The summed E-state index contributed by atoms with van der Waals surface area (Å²) in [4.78, 5) is 9.03. The second kappa shape index (κ2) is 10.0. The molecule has 0 aliphatic carbocycles. The first-order valence-electron chi connectivity index (χ1n) is 10.1. The molecule has 1 N–H and O–H groups in total. The summed E-state index contributed by atoms with van der Waals surface area (Å²) in [7, 11) is -2.98. The Morgan fingerprint density at radius 1 is 1.22 bits per heavy atom. The van der Waals surface area contributed by atoms with E-state index in [-0.39, 0.29) is 27.9 Å². The van der Waals surface area contributed by atoms with Crippen LogP contribution in [0.25, 0.3) is 10.9 Å². The number of ether oxygens (including phenoxy) is 1. The van der Waals surface area contributed by atoms with Crippen LogP contribution in [-0.4, -0.2) is 35.6 Å². The Morgan fingerprint density at radius 3 is 2.57 bits per heavy atom. The largest absolute Gasteiger partial charge is 0.534 e. The number of benzene rings is 2. The van der Waals surface area contributed by atoms with Gasteiger partial charge in [0.25, 0.3) is 0 Å². The van der Waals surface area contributed by atoms with Crippen molar-refractivity contribution >= 4 is 55.8 Å². The van der Waals surface area contributed by atoms with Crippen LogP contribution < -0.4 is 14.2 Å². The first kappa shape index (κ1) is 26.4. The van der Waals surface area contributed by atoms with Crippen LogP contribution in [0.2, 0.25) is 5.02 Å². The van der Waals surface area contributed by atoms with Crippen molar-refractivity contribution in [1.29, 1.82) is 5.26 Å². The summed E-state index contributed by atoms with van der Waals surface area (Å²) >= 11 is 7.82. The Labute approximate surface area is 217 Å². The van der Waals surface area contributed by atoms with Crippen molar-refractivity contribution in [2.24, 2.45) is 7.05 Å². The number of hydrogen-bond acceptors (Lipinski definition) is 9. The fraction of sp³-hybridized carbons (Fsp3) is 0.136. The molecule has 2 heterocycles. The second-order valence-corrected chi connectivity index (χ2v) is 10.3. The van der Waals surface area contributed by atoms with Gasteiger partial charge >= 0.3 is 15.6 Å². The lowest BCUT2D eigenvalue weighted by Crippen LogP contribution is -2.28. The Hall–Kier alpha value is -3.67. The summed E-state index contributed by atoms with van der Waals surface area (Å²) in [5.41, 5.74) is -4.75. The third-order valence-electron chi connectivity index (χ3n) is 4.94. The van der Waals surface area contributed by atoms with Crippen molar-refractivity contribution < 1.29 is 30.5 Å². The summed E-state index contributed by atoms with van der Waals surface area (Å²) in [6, 6.07) is 9.29. The molecule has 192 valence electrons. The van der Waals surface area contributed by atoms with E-state index in [1.807, 2.05) is 17.7 Å². The molecule has 0 spiro atoms. The smallest absolute Gasteiger partial charge is 0.493 e. The van der Waals surface area contributed by atoms with E-state index in [0.29, 0.717) is 10.7 Å². The molecule has 4 rings (SSSR count). The quantitative estimate of drug-likeness (QED) is 0.222. The lowest BCUT2D eigenvalue weighted by atomic mass is 10.1. The molecule has 0 aliphatic heterocycles. The van der Waals surface area contributed by atoms with E-state index in [1.54, 1.807) is 30.6 Å². The van der Waals surface area contributed by atoms with Gasteiger partial charge in [-0.05, 0) is 24.3 Å². The number of aromatic nitrogens is 3. The molecule has 9 nitrogen and oxygen atoms in total. The number of rotatable bonds is 7. The molecule has 0 fully saturated rings. The number of hydrogen-bond donors (Lipinski definition) is 1. The molecule has 0 radical (unpaired) electrons. The summed E-state index contributed by atoms with van der Waals surface area (Å²) in [5.74, 6) is -1.03. The molecular weight excluding hydrogens is 557 g/mol. The molecule has 15 heteroatoms. The Balaban J connectivity index is 1.74. The number of fused-ring (bicyclic) bond motifs is 1. The maximum Gasteiger partial charge on any atom is 0.534 e. The maximum atomic E-state index is 12.8. The summed E-state index contributed by atoms with van der Waals surface area (Å²) in [6.07, 6.45) is 4.65. The molecule has 4 aromatic rings. The highest BCUT2D eigenvalue weighted by molar-refractivity contribution is 7.99. The number of nitrogens with zero attached hydrogens (tertiary/aromatic N) is 4. The van der Waals surface area contributed by atoms with Crippen LogP contribution in [0.3, 0.4) is 0 Å². The van der Waals surface area contributed by atoms with Crippen LogP contribution in [0.4, 0.5) is 24.5 Å². The first-order valence-corrected chi connectivity index (χ1v) is 12.7. The monoisotopic (exact) mass is 571 g/mol. The number of aryl methyl sites for hydroxylation is 1. The molecule has 0 unspecified atom stereocenters. The minimum Gasteiger partial charge on any atom is -0.493 e. The summed E-state index contributed by atoms with van der Waals surface area (Å²) in [5, 5.41) is 14.1. The topological polar surface area (TPSA) is 119 Å². The molecule has 0 bridgehead atoms. The van der Waals surface area contributed by atoms with Gasteiger partial charge in [0, 0.05) is 47.7 Å². The van der Waals surface area contributed by atoms with Crippen molar-refractivity contribution in [1.82, 2.24) is 14.5 Å². The van der Waals surface area contributed by atoms with E-state index < -0.39 is 21.4 Å². The molecule has 0 saturated carbocycles. The Morgan fingerprint density at radius 2 is 1.97 bits per heavy atom. The lowest BCUT2D eigenvalue weighted by Gasteiger charge is -2.16. The van der Waals surface area contributed by atoms with Gasteiger partial charge in [-0.25, -0.2) is 4.98 Å². The van der Waals surface area contributed by atoms with Gasteiger partial charge in [-0.15, -0.1) is 0 Å². The molecular formula is C22H15ClF3N5O4S2. The molecule has 0 aliphatic rings. The molecule has 37 heavy (non-hydrogen) atoms. The van der Waals surface area contributed by atoms with Crippen LogP contribution in [0.15, 0.2) is 59.0 Å². The average molecular weight is 572 g/mol. The number of methoxy groups -OCH3 is 1. The van der Waals surface area contributed by atoms with Gasteiger partial charge in [-0.2, -0.15) is 26.9 Å². The van der Waals surface area contributed by atoms with Gasteiger partial charge in [0.1, 0.15) is 6.07 Å². The number of halogens is 4. The van der Waals surface area contributed by atoms with E-state index in [1.165, 1.54) is 24.0 Å². The highest BCUT2D eigenvalue weighted by Crippen LogP contribution is 2.40. The average Bonchev–Trinajstić information content (AvgIpc) is 3.24. The minimum atomic E-state index is -5.95. The predicted octanol–water partition coefficient (Wildman–Crippen LogP) is 5.63. The summed E-state index contributed by atoms with van der Waals surface area (Å²) < 4.78 is 72.7. The van der Waals surface area contributed by atoms with E-state index in [9.17, 15) is 26.9 Å². The number of nitrogens with one attached hydrogen (secondary N) is 1. The van der Waals surface area contributed by atoms with Gasteiger partial charge in [0.2, 0.25) is 0 Å². The summed E-state index contributed by atoms with van der Waals surface area (Å²) in [6.45, 7) is 0. The maximum absolute atomic E-state index is 12.8. The number of anilines is 2. The standard InChI is InChI=1S/C22H15ClF3N5O4S2/c1-31-6-5-28-21(31)36-19-4-3-13(7-15(19)23)30-20-12(10-27)11-29-16-9-18(17(34-2)8-14(16)20)35-37(32,33)22(24,25)26/h3-9,11H,1-2H3,(H,29,30)/i2+2. The first-order chi connectivity index (χ1) is 17.4. The van der Waals surface area contributed by atoms with E-state index in [0.717, 1.165) is 23.2 Å². The molecule has 0 saturated heterocycles. The van der Waals surface area contributed by atoms with Crippen LogP contribution in [-0.2, 0) is 17.2 Å². The normalized spacial score (nSPS) is 11.8. The molecule has 0 atom stereocenters. The predicted molar refractivity (Wildman–Crippen MR) is 131 cm³/mol.